The summed E-state index contributed by atoms with van der Waals surface area (Å²) in [6.45, 7) is 0.782. The molecule has 0 N–H and O–H groups in total. The smallest absolute Gasteiger partial charge is 0.379 e. The Bertz CT molecular complexity index is 1330. The van der Waals surface area contributed by atoms with Crippen molar-refractivity contribution in [2.75, 3.05) is 13.2 Å². The van der Waals surface area contributed by atoms with Crippen LogP contribution in [0.5, 0.6) is 0 Å². The lowest BCUT2D eigenvalue weighted by Crippen LogP contribution is -2.38. The third kappa shape index (κ3) is 4.33. The minimum atomic E-state index is -4.54. The predicted molar refractivity (Wildman–Crippen MR) is 122 cm³/mol. The SMILES string of the molecule is O=C1SC(=Cc2ccc3c(cnn3Cc3ccc(Cl)cc3C(F)(F)F)c2)C(=O)N1[C@@H]1CCOC1. The molecule has 6 nitrogen and oxygen atoms in total. The van der Waals surface area contributed by atoms with Crippen LogP contribution in [0, 0.1) is 0 Å². The minimum Gasteiger partial charge on any atom is -0.379 e. The maximum atomic E-state index is 13.4. The number of benzene rings is 2. The van der Waals surface area contributed by atoms with Gasteiger partial charge in [-0.05, 0) is 59.7 Å². The Labute approximate surface area is 201 Å². The molecule has 1 atom stereocenters. The number of hydrogen-bond donors (Lipinski definition) is 0. The molecule has 0 saturated carbocycles. The highest BCUT2D eigenvalue weighted by atomic mass is 35.5. The van der Waals surface area contributed by atoms with Crippen LogP contribution in [0.25, 0.3) is 17.0 Å². The van der Waals surface area contributed by atoms with E-state index in [1.54, 1.807) is 30.5 Å². The number of carbonyl (C=O) groups is 2. The average Bonchev–Trinajstić information content (AvgIpc) is 3.49. The van der Waals surface area contributed by atoms with Gasteiger partial charge in [-0.1, -0.05) is 23.7 Å². The lowest BCUT2D eigenvalue weighted by atomic mass is 10.1. The van der Waals surface area contributed by atoms with Crippen LogP contribution in [-0.4, -0.2) is 45.1 Å². The predicted octanol–water partition coefficient (Wildman–Crippen LogP) is 5.58. The molecule has 2 aromatic carbocycles. The molecule has 2 amide bonds. The Balaban J connectivity index is 1.41. The lowest BCUT2D eigenvalue weighted by molar-refractivity contribution is -0.138. The van der Waals surface area contributed by atoms with Gasteiger partial charge in [0.2, 0.25) is 0 Å². The first-order valence-electron chi connectivity index (χ1n) is 10.4. The Hall–Kier alpha value is -2.82. The van der Waals surface area contributed by atoms with E-state index in [-0.39, 0.29) is 34.3 Å². The summed E-state index contributed by atoms with van der Waals surface area (Å²) in [5, 5.41) is 4.64. The van der Waals surface area contributed by atoms with E-state index in [0.29, 0.717) is 41.0 Å². The number of fused-ring (bicyclic) bond motifs is 1. The molecule has 5 rings (SSSR count). The van der Waals surface area contributed by atoms with Crippen LogP contribution in [0.1, 0.15) is 23.1 Å². The minimum absolute atomic E-state index is 0.0101. The van der Waals surface area contributed by atoms with Gasteiger partial charge in [0.1, 0.15) is 0 Å². The Morgan fingerprint density at radius 1 is 1.21 bits per heavy atom. The van der Waals surface area contributed by atoms with Crippen LogP contribution in [0.2, 0.25) is 5.02 Å². The summed E-state index contributed by atoms with van der Waals surface area (Å²) in [6, 6.07) is 8.67. The van der Waals surface area contributed by atoms with E-state index in [4.69, 9.17) is 16.3 Å². The fourth-order valence-corrected chi connectivity index (χ4v) is 5.18. The molecule has 34 heavy (non-hydrogen) atoms. The molecule has 0 spiro atoms. The number of thioether (sulfide) groups is 1. The van der Waals surface area contributed by atoms with Crippen LogP contribution in [0.3, 0.4) is 0 Å². The largest absolute Gasteiger partial charge is 0.416 e. The first-order chi connectivity index (χ1) is 16.2. The van der Waals surface area contributed by atoms with Gasteiger partial charge in [0.05, 0.1) is 41.4 Å². The van der Waals surface area contributed by atoms with Gasteiger partial charge in [-0.15, -0.1) is 0 Å². The number of hydrogen-bond acceptors (Lipinski definition) is 5. The topological polar surface area (TPSA) is 64.4 Å². The van der Waals surface area contributed by atoms with Crippen molar-refractivity contribution in [1.29, 1.82) is 0 Å². The fraction of sp³-hybridized carbons (Fsp3) is 0.261. The second-order valence-electron chi connectivity index (χ2n) is 7.99. The number of nitrogens with zero attached hydrogens (tertiary/aromatic N) is 3. The van der Waals surface area contributed by atoms with Gasteiger partial charge in [-0.25, -0.2) is 0 Å². The van der Waals surface area contributed by atoms with E-state index >= 15 is 0 Å². The van der Waals surface area contributed by atoms with Crippen molar-refractivity contribution in [1.82, 2.24) is 14.7 Å². The normalized spacial score (nSPS) is 20.3. The summed E-state index contributed by atoms with van der Waals surface area (Å²) < 4.78 is 47.1. The summed E-state index contributed by atoms with van der Waals surface area (Å²) >= 11 is 6.65. The monoisotopic (exact) mass is 507 g/mol. The molecule has 0 bridgehead atoms. The molecule has 0 radical (unpaired) electrons. The summed E-state index contributed by atoms with van der Waals surface area (Å²) in [7, 11) is 0. The van der Waals surface area contributed by atoms with Gasteiger partial charge in [0.25, 0.3) is 11.1 Å². The molecular weight excluding hydrogens is 491 g/mol. The summed E-state index contributed by atoms with van der Waals surface area (Å²) in [6.07, 6.45) is -0.722. The Kier molecular flexibility index (Phi) is 5.91. The van der Waals surface area contributed by atoms with Crippen molar-refractivity contribution >= 4 is 51.5 Å². The summed E-state index contributed by atoms with van der Waals surface area (Å²) in [4.78, 5) is 26.7. The first-order valence-corrected chi connectivity index (χ1v) is 11.6. The standard InChI is InChI=1S/C23H17ClF3N3O3S/c24-16-3-2-14(18(9-16)23(25,26)27)11-29-19-4-1-13(7-15(19)10-28-29)8-20-21(31)30(22(32)34-20)17-5-6-33-12-17/h1-4,7-10,17H,5-6,11-12H2/t17-/m1/s1. The summed E-state index contributed by atoms with van der Waals surface area (Å²) in [5.41, 5.74) is 0.568. The van der Waals surface area contributed by atoms with Gasteiger partial charge in [0, 0.05) is 17.0 Å². The van der Waals surface area contributed by atoms with Crippen LogP contribution >= 0.6 is 23.4 Å². The molecule has 0 unspecified atom stereocenters. The van der Waals surface area contributed by atoms with Crippen molar-refractivity contribution in [3.63, 3.8) is 0 Å². The van der Waals surface area contributed by atoms with Gasteiger partial charge < -0.3 is 4.74 Å². The summed E-state index contributed by atoms with van der Waals surface area (Å²) in [5.74, 6) is -0.344. The third-order valence-electron chi connectivity index (χ3n) is 5.76. The highest BCUT2D eigenvalue weighted by molar-refractivity contribution is 8.18. The van der Waals surface area contributed by atoms with Gasteiger partial charge in [-0.2, -0.15) is 18.3 Å². The molecule has 1 aromatic heterocycles. The van der Waals surface area contributed by atoms with E-state index < -0.39 is 11.7 Å². The number of carbonyl (C=O) groups excluding carboxylic acids is 2. The second kappa shape index (κ2) is 8.75. The van der Waals surface area contributed by atoms with E-state index in [9.17, 15) is 22.8 Å². The number of ether oxygens (including phenoxy) is 1. The van der Waals surface area contributed by atoms with Gasteiger partial charge in [-0.3, -0.25) is 19.2 Å². The number of rotatable bonds is 4. The number of halogens is 4. The molecule has 3 heterocycles. The molecular formula is C23H17ClF3N3O3S. The molecule has 2 aliphatic heterocycles. The highest BCUT2D eigenvalue weighted by Gasteiger charge is 2.41. The second-order valence-corrected chi connectivity index (χ2v) is 9.42. The average molecular weight is 508 g/mol. The molecule has 11 heteroatoms. The lowest BCUT2D eigenvalue weighted by Gasteiger charge is -2.18. The van der Waals surface area contributed by atoms with Crippen LogP contribution in [-0.2, 0) is 22.3 Å². The number of aromatic nitrogens is 2. The number of amides is 2. The number of alkyl halides is 3. The van der Waals surface area contributed by atoms with Crippen LogP contribution in [0.4, 0.5) is 18.0 Å². The zero-order chi connectivity index (χ0) is 24.0. The van der Waals surface area contributed by atoms with Crippen molar-refractivity contribution in [2.45, 2.75) is 25.2 Å². The van der Waals surface area contributed by atoms with E-state index in [1.165, 1.54) is 21.7 Å². The van der Waals surface area contributed by atoms with Crippen LogP contribution < -0.4 is 0 Å². The molecule has 2 aliphatic rings. The zero-order valence-corrected chi connectivity index (χ0v) is 19.1. The van der Waals surface area contributed by atoms with Crippen LogP contribution in [0.15, 0.2) is 47.5 Å². The van der Waals surface area contributed by atoms with E-state index in [2.05, 4.69) is 5.10 Å². The molecule has 2 saturated heterocycles. The fourth-order valence-electron chi connectivity index (χ4n) is 4.10. The number of imide groups is 1. The van der Waals surface area contributed by atoms with E-state index in [0.717, 1.165) is 17.8 Å². The highest BCUT2D eigenvalue weighted by Crippen LogP contribution is 2.36. The van der Waals surface area contributed by atoms with Crippen molar-refractivity contribution < 1.29 is 27.5 Å². The molecule has 0 aliphatic carbocycles. The van der Waals surface area contributed by atoms with E-state index in [1.807, 2.05) is 0 Å². The zero-order valence-electron chi connectivity index (χ0n) is 17.5. The quantitative estimate of drug-likeness (QED) is 0.431. The molecule has 3 aromatic rings. The van der Waals surface area contributed by atoms with Crippen molar-refractivity contribution in [3.8, 4) is 0 Å². The molecule has 176 valence electrons. The maximum absolute atomic E-state index is 13.4. The van der Waals surface area contributed by atoms with Gasteiger partial charge >= 0.3 is 6.18 Å². The Morgan fingerprint density at radius 3 is 2.76 bits per heavy atom. The molecule has 2 fully saturated rings. The maximum Gasteiger partial charge on any atom is 0.416 e. The first kappa shape index (κ1) is 22.9. The van der Waals surface area contributed by atoms with Crippen molar-refractivity contribution in [3.05, 3.63) is 69.2 Å². The Morgan fingerprint density at radius 2 is 2.03 bits per heavy atom. The third-order valence-corrected chi connectivity index (χ3v) is 6.87. The van der Waals surface area contributed by atoms with Gasteiger partial charge in [0.15, 0.2) is 0 Å². The van der Waals surface area contributed by atoms with Crippen molar-refractivity contribution in [2.24, 2.45) is 0 Å².